The van der Waals surface area contributed by atoms with Crippen molar-refractivity contribution < 1.29 is 21.1 Å². The maximum absolute atomic E-state index is 5.28. The van der Waals surface area contributed by atoms with E-state index in [0.717, 1.165) is 74.1 Å². The number of nitrogens with one attached hydrogen (secondary N) is 2. The summed E-state index contributed by atoms with van der Waals surface area (Å²) in [5.74, 6) is 0. The first-order valence-corrected chi connectivity index (χ1v) is 15.7. The van der Waals surface area contributed by atoms with Gasteiger partial charge in [0.15, 0.2) is 0 Å². The summed E-state index contributed by atoms with van der Waals surface area (Å²) in [5, 5.41) is 0. The fourth-order valence-corrected chi connectivity index (χ4v) is 7.10. The van der Waals surface area contributed by atoms with Gasteiger partial charge in [-0.2, -0.15) is 0 Å². The largest absolute Gasteiger partial charge is 0.355 e. The molecule has 2 N–H and O–H groups in total. The zero-order chi connectivity index (χ0) is 28.6. The third-order valence-corrected chi connectivity index (χ3v) is 8.97. The second-order valence-electron chi connectivity index (χ2n) is 10.9. The molecule has 0 radical (unpaired) electrons. The molecular weight excluding hydrogens is 684 g/mol. The number of aromatic nitrogens is 4. The van der Waals surface area contributed by atoms with E-state index in [9.17, 15) is 0 Å². The molecule has 0 fully saturated rings. The van der Waals surface area contributed by atoms with Gasteiger partial charge in [-0.05, 0) is 120 Å². The zero-order valence-electron chi connectivity index (χ0n) is 26.2. The Bertz CT molecular complexity index is 1560. The SMILES string of the molecule is CCC1=C(CC)c2cc3[nH]c(cc4[nH]c(cc5nc(cc1n2)C(CC)=C5CC)c(CC)c4CC)c(CC)c3CC.[Pt]. The van der Waals surface area contributed by atoms with Gasteiger partial charge < -0.3 is 9.97 Å². The van der Waals surface area contributed by atoms with Crippen LogP contribution in [0.1, 0.15) is 126 Å². The van der Waals surface area contributed by atoms with Crippen molar-refractivity contribution in [2.75, 3.05) is 0 Å². The zero-order valence-corrected chi connectivity index (χ0v) is 28.4. The van der Waals surface area contributed by atoms with Gasteiger partial charge in [-0.3, -0.25) is 0 Å². The minimum absolute atomic E-state index is 0. The molecule has 5 rings (SSSR count). The quantitative estimate of drug-likeness (QED) is 0.243. The number of hydrogen-bond donors (Lipinski definition) is 2. The summed E-state index contributed by atoms with van der Waals surface area (Å²) in [5.41, 5.74) is 20.2. The van der Waals surface area contributed by atoms with Crippen LogP contribution in [-0.4, -0.2) is 19.9 Å². The summed E-state index contributed by atoms with van der Waals surface area (Å²) in [4.78, 5) is 18.2. The first-order valence-electron chi connectivity index (χ1n) is 15.7. The molecule has 0 aromatic carbocycles. The molecule has 0 atom stereocenters. The predicted octanol–water partition coefficient (Wildman–Crippen LogP) is 10.0. The number of aromatic amines is 2. The molecule has 0 saturated heterocycles. The van der Waals surface area contributed by atoms with Crippen molar-refractivity contribution in [2.45, 2.75) is 107 Å². The summed E-state index contributed by atoms with van der Waals surface area (Å²) in [7, 11) is 0. The van der Waals surface area contributed by atoms with Crippen LogP contribution < -0.4 is 0 Å². The van der Waals surface area contributed by atoms with Gasteiger partial charge >= 0.3 is 0 Å². The number of H-pyrrole nitrogens is 2. The summed E-state index contributed by atoms with van der Waals surface area (Å²) >= 11 is 0. The molecule has 8 bridgehead atoms. The summed E-state index contributed by atoms with van der Waals surface area (Å²) in [6.45, 7) is 18.1. The van der Waals surface area contributed by atoms with Crippen molar-refractivity contribution in [1.29, 1.82) is 0 Å². The van der Waals surface area contributed by atoms with Crippen LogP contribution in [0.2, 0.25) is 0 Å². The summed E-state index contributed by atoms with van der Waals surface area (Å²) in [6.07, 6.45) is 7.84. The number of hydrogen-bond acceptors (Lipinski definition) is 2. The smallest absolute Gasteiger partial charge is 0.0694 e. The fourth-order valence-electron chi connectivity index (χ4n) is 7.10. The molecule has 0 amide bonds. The van der Waals surface area contributed by atoms with Gasteiger partial charge in [-0.25, -0.2) is 9.97 Å². The molecule has 0 unspecified atom stereocenters. The molecule has 0 spiro atoms. The number of nitrogens with zero attached hydrogens (tertiary/aromatic N) is 2. The molecule has 4 nitrogen and oxygen atoms in total. The van der Waals surface area contributed by atoms with Gasteiger partial charge in [0.05, 0.1) is 22.8 Å². The second-order valence-corrected chi connectivity index (χ2v) is 10.9. The first-order chi connectivity index (χ1) is 19.5. The molecule has 41 heavy (non-hydrogen) atoms. The topological polar surface area (TPSA) is 57.4 Å². The maximum atomic E-state index is 5.28. The molecule has 5 heteroatoms. The Hall–Kier alpha value is -2.71. The van der Waals surface area contributed by atoms with E-state index in [0.29, 0.717) is 0 Å². The van der Waals surface area contributed by atoms with Crippen LogP contribution in [0.25, 0.3) is 44.4 Å². The summed E-state index contributed by atoms with van der Waals surface area (Å²) in [6, 6.07) is 9.24. The van der Waals surface area contributed by atoms with E-state index in [4.69, 9.17) is 9.97 Å². The Balaban J connectivity index is 0.00000387. The van der Waals surface area contributed by atoms with E-state index >= 15 is 0 Å². The van der Waals surface area contributed by atoms with Crippen LogP contribution in [0.15, 0.2) is 24.3 Å². The van der Waals surface area contributed by atoms with E-state index in [1.165, 1.54) is 66.6 Å². The molecule has 0 aliphatic carbocycles. The van der Waals surface area contributed by atoms with Gasteiger partial charge in [-0.1, -0.05) is 55.4 Å². The van der Waals surface area contributed by atoms with Crippen molar-refractivity contribution >= 4 is 44.4 Å². The van der Waals surface area contributed by atoms with Crippen molar-refractivity contribution in [3.8, 4) is 0 Å². The first kappa shape index (κ1) is 31.2. The van der Waals surface area contributed by atoms with Crippen molar-refractivity contribution in [3.63, 3.8) is 0 Å². The van der Waals surface area contributed by atoms with Crippen LogP contribution >= 0.6 is 0 Å². The van der Waals surface area contributed by atoms with Crippen LogP contribution in [0, 0.1) is 0 Å². The fraction of sp³-hybridized carbons (Fsp3) is 0.444. The second kappa shape index (κ2) is 13.1. The molecule has 3 aromatic heterocycles. The van der Waals surface area contributed by atoms with Gasteiger partial charge in [0.2, 0.25) is 0 Å². The van der Waals surface area contributed by atoms with Crippen LogP contribution in [-0.2, 0) is 46.7 Å². The summed E-state index contributed by atoms with van der Waals surface area (Å²) < 4.78 is 0. The maximum Gasteiger partial charge on any atom is 0.0694 e. The normalized spacial score (nSPS) is 13.3. The van der Waals surface area contributed by atoms with Gasteiger partial charge in [0, 0.05) is 43.1 Å². The molecule has 5 heterocycles. The van der Waals surface area contributed by atoms with E-state index in [-0.39, 0.29) is 21.1 Å². The molecule has 220 valence electrons. The number of allylic oxidation sites excluding steroid dienone is 4. The predicted molar refractivity (Wildman–Crippen MR) is 173 cm³/mol. The third-order valence-electron chi connectivity index (χ3n) is 8.97. The molecule has 2 aliphatic rings. The number of aryl methyl sites for hydroxylation is 4. The van der Waals surface area contributed by atoms with Gasteiger partial charge in [0.1, 0.15) is 0 Å². The van der Waals surface area contributed by atoms with E-state index in [1.54, 1.807) is 0 Å². The van der Waals surface area contributed by atoms with Crippen LogP contribution in [0.5, 0.6) is 0 Å². The Kier molecular flexibility index (Phi) is 9.96. The van der Waals surface area contributed by atoms with Crippen molar-refractivity contribution in [1.82, 2.24) is 19.9 Å². The molecular formula is C36H46N4Pt. The molecule has 3 aromatic rings. The van der Waals surface area contributed by atoms with Crippen molar-refractivity contribution in [3.05, 3.63) is 69.3 Å². The van der Waals surface area contributed by atoms with Gasteiger partial charge in [-0.15, -0.1) is 0 Å². The number of fused-ring (bicyclic) bond motifs is 8. The minimum Gasteiger partial charge on any atom is -0.355 e. The Morgan fingerprint density at radius 3 is 0.927 bits per heavy atom. The molecule has 2 aliphatic heterocycles. The Labute approximate surface area is 260 Å². The Morgan fingerprint density at radius 1 is 0.390 bits per heavy atom. The standard InChI is InChI=1S/C36H46N4.Pt/c1-9-21-22(10-2)30-18-32-25(13-5)26(14-6)34(39-32)20-36-28(16-8)27(15-7)35(40-36)19-33-24(12-4)23(11-3)31(38-33)17-29(21)37-30;/h17-20,37-38H,9-16H2,1-8H3;. The van der Waals surface area contributed by atoms with E-state index < -0.39 is 0 Å². The van der Waals surface area contributed by atoms with E-state index in [1.807, 2.05) is 0 Å². The third kappa shape index (κ3) is 5.34. The van der Waals surface area contributed by atoms with E-state index in [2.05, 4.69) is 89.6 Å². The number of rotatable bonds is 8. The molecule has 0 saturated carbocycles. The monoisotopic (exact) mass is 729 g/mol. The van der Waals surface area contributed by atoms with Gasteiger partial charge in [0.25, 0.3) is 0 Å². The van der Waals surface area contributed by atoms with Crippen LogP contribution in [0.4, 0.5) is 0 Å². The average Bonchev–Trinajstić information content (AvgIpc) is 3.67. The van der Waals surface area contributed by atoms with Crippen LogP contribution in [0.3, 0.4) is 0 Å². The van der Waals surface area contributed by atoms with Crippen molar-refractivity contribution in [2.24, 2.45) is 0 Å². The Morgan fingerprint density at radius 2 is 0.659 bits per heavy atom. The average molecular weight is 730 g/mol. The minimum atomic E-state index is 0.